The second-order valence-electron chi connectivity index (χ2n) is 5.57. The third-order valence-electron chi connectivity index (χ3n) is 3.71. The number of likely N-dealkylation sites (tertiary alicyclic amines) is 1. The highest BCUT2D eigenvalue weighted by Crippen LogP contribution is 2.16. The summed E-state index contributed by atoms with van der Waals surface area (Å²) >= 11 is 0. The average Bonchev–Trinajstić information content (AvgIpc) is 2.53. The molecule has 1 fully saturated rings. The van der Waals surface area contributed by atoms with E-state index in [1.165, 1.54) is 19.3 Å². The van der Waals surface area contributed by atoms with Crippen molar-refractivity contribution in [3.8, 4) is 5.75 Å². The summed E-state index contributed by atoms with van der Waals surface area (Å²) in [5.74, 6) is 0.936. The Morgan fingerprint density at radius 1 is 1.19 bits per heavy atom. The van der Waals surface area contributed by atoms with Crippen LogP contribution in [0.3, 0.4) is 0 Å². The number of anilines is 1. The van der Waals surface area contributed by atoms with Crippen molar-refractivity contribution in [3.05, 3.63) is 24.3 Å². The summed E-state index contributed by atoms with van der Waals surface area (Å²) < 4.78 is 5.52. The predicted molar refractivity (Wildman–Crippen MR) is 85.8 cm³/mol. The van der Waals surface area contributed by atoms with E-state index in [4.69, 9.17) is 4.74 Å². The molecule has 21 heavy (non-hydrogen) atoms. The van der Waals surface area contributed by atoms with E-state index < -0.39 is 0 Å². The smallest absolute Gasteiger partial charge is 0.225 e. The molecule has 0 atom stereocenters. The second kappa shape index (κ2) is 8.67. The fourth-order valence-electron chi connectivity index (χ4n) is 2.52. The minimum atomic E-state index is 0.0859. The molecule has 0 aromatic heterocycles. The number of rotatable bonds is 7. The lowest BCUT2D eigenvalue weighted by Crippen LogP contribution is -2.32. The van der Waals surface area contributed by atoms with Gasteiger partial charge in [-0.15, -0.1) is 0 Å². The first kappa shape index (κ1) is 15.8. The van der Waals surface area contributed by atoms with Gasteiger partial charge in [-0.05, 0) is 56.6 Å². The number of ether oxygens (including phenoxy) is 1. The molecule has 2 rings (SSSR count). The summed E-state index contributed by atoms with van der Waals surface area (Å²) in [6.07, 6.45) is 5.42. The van der Waals surface area contributed by atoms with Gasteiger partial charge in [0.25, 0.3) is 0 Å². The average molecular weight is 290 g/mol. The fraction of sp³-hybridized carbons (Fsp3) is 0.588. The first-order valence-electron chi connectivity index (χ1n) is 8.03. The molecule has 0 aliphatic carbocycles. The number of nitrogens with zero attached hydrogens (tertiary/aromatic N) is 1. The Bertz CT molecular complexity index is 425. The summed E-state index contributed by atoms with van der Waals surface area (Å²) in [6, 6.07) is 7.58. The Morgan fingerprint density at radius 3 is 2.57 bits per heavy atom. The van der Waals surface area contributed by atoms with Crippen molar-refractivity contribution in [1.29, 1.82) is 0 Å². The van der Waals surface area contributed by atoms with Gasteiger partial charge in [0.15, 0.2) is 0 Å². The quantitative estimate of drug-likeness (QED) is 0.838. The van der Waals surface area contributed by atoms with E-state index in [0.29, 0.717) is 6.42 Å². The van der Waals surface area contributed by atoms with Crippen LogP contribution >= 0.6 is 0 Å². The van der Waals surface area contributed by atoms with Crippen molar-refractivity contribution in [2.45, 2.75) is 39.0 Å². The number of carbonyl (C=O) groups is 1. The largest absolute Gasteiger partial charge is 0.494 e. The molecule has 0 unspecified atom stereocenters. The van der Waals surface area contributed by atoms with Gasteiger partial charge >= 0.3 is 0 Å². The van der Waals surface area contributed by atoms with Crippen LogP contribution < -0.4 is 10.1 Å². The Kier molecular flexibility index (Phi) is 6.54. The van der Waals surface area contributed by atoms with Crippen LogP contribution in [-0.4, -0.2) is 37.0 Å². The first-order chi connectivity index (χ1) is 10.3. The van der Waals surface area contributed by atoms with Gasteiger partial charge in [0.05, 0.1) is 6.61 Å². The first-order valence-corrected chi connectivity index (χ1v) is 8.03. The lowest BCUT2D eigenvalue weighted by Gasteiger charge is -2.25. The zero-order valence-corrected chi connectivity index (χ0v) is 12.9. The van der Waals surface area contributed by atoms with E-state index in [0.717, 1.165) is 44.1 Å². The molecule has 1 aromatic carbocycles. The Hall–Kier alpha value is -1.55. The predicted octanol–water partition coefficient (Wildman–Crippen LogP) is 3.29. The lowest BCUT2D eigenvalue weighted by molar-refractivity contribution is -0.116. The van der Waals surface area contributed by atoms with E-state index >= 15 is 0 Å². The number of amides is 1. The number of piperidine rings is 1. The minimum absolute atomic E-state index is 0.0859. The van der Waals surface area contributed by atoms with Gasteiger partial charge in [0.1, 0.15) is 5.75 Å². The number of hydrogen-bond acceptors (Lipinski definition) is 3. The molecule has 1 aliphatic rings. The highest BCUT2D eigenvalue weighted by Gasteiger charge is 2.11. The monoisotopic (exact) mass is 290 g/mol. The summed E-state index contributed by atoms with van der Waals surface area (Å²) in [7, 11) is 0. The van der Waals surface area contributed by atoms with Crippen LogP contribution in [-0.2, 0) is 4.79 Å². The van der Waals surface area contributed by atoms with E-state index in [9.17, 15) is 4.79 Å². The molecule has 1 aliphatic heterocycles. The molecular weight excluding hydrogens is 264 g/mol. The van der Waals surface area contributed by atoms with Gasteiger partial charge in [0, 0.05) is 18.7 Å². The number of carbonyl (C=O) groups excluding carboxylic acids is 1. The summed E-state index contributed by atoms with van der Waals surface area (Å²) in [5, 5.41) is 2.94. The molecule has 4 nitrogen and oxygen atoms in total. The lowest BCUT2D eigenvalue weighted by atomic mass is 10.1. The Morgan fingerprint density at radius 2 is 1.90 bits per heavy atom. The van der Waals surface area contributed by atoms with Gasteiger partial charge in [0.2, 0.25) is 5.91 Å². The summed E-state index contributed by atoms with van der Waals surface area (Å²) in [6.45, 7) is 5.94. The van der Waals surface area contributed by atoms with E-state index in [2.05, 4.69) is 17.1 Å². The van der Waals surface area contributed by atoms with Gasteiger partial charge in [-0.25, -0.2) is 0 Å². The van der Waals surface area contributed by atoms with Crippen molar-refractivity contribution in [1.82, 2.24) is 4.90 Å². The molecule has 1 N–H and O–H groups in total. The van der Waals surface area contributed by atoms with Crippen LogP contribution in [0.4, 0.5) is 5.69 Å². The Balaban J connectivity index is 1.71. The van der Waals surface area contributed by atoms with Crippen molar-refractivity contribution in [2.75, 3.05) is 31.6 Å². The van der Waals surface area contributed by atoms with Crippen LogP contribution in [0.25, 0.3) is 0 Å². The van der Waals surface area contributed by atoms with Crippen molar-refractivity contribution < 1.29 is 9.53 Å². The number of hydrogen-bond donors (Lipinski definition) is 1. The number of benzene rings is 1. The molecule has 0 radical (unpaired) electrons. The molecule has 1 amide bonds. The third kappa shape index (κ3) is 5.76. The van der Waals surface area contributed by atoms with Crippen molar-refractivity contribution in [3.63, 3.8) is 0 Å². The topological polar surface area (TPSA) is 41.6 Å². The molecule has 4 heteroatoms. The maximum atomic E-state index is 11.9. The van der Waals surface area contributed by atoms with Gasteiger partial charge in [-0.3, -0.25) is 4.79 Å². The second-order valence-corrected chi connectivity index (χ2v) is 5.57. The normalized spacial score (nSPS) is 15.7. The zero-order valence-electron chi connectivity index (χ0n) is 12.9. The van der Waals surface area contributed by atoms with Crippen LogP contribution in [0, 0.1) is 0 Å². The third-order valence-corrected chi connectivity index (χ3v) is 3.71. The van der Waals surface area contributed by atoms with Crippen LogP contribution in [0.5, 0.6) is 5.75 Å². The van der Waals surface area contributed by atoms with E-state index in [1.54, 1.807) is 0 Å². The molecule has 1 saturated heterocycles. The minimum Gasteiger partial charge on any atom is -0.494 e. The SMILES string of the molecule is CCCOc1ccc(NC(=O)CCN2CCCCC2)cc1. The molecule has 0 bridgehead atoms. The zero-order chi connectivity index (χ0) is 14.9. The van der Waals surface area contributed by atoms with E-state index in [-0.39, 0.29) is 5.91 Å². The highest BCUT2D eigenvalue weighted by molar-refractivity contribution is 5.90. The van der Waals surface area contributed by atoms with Gasteiger partial charge in [-0.1, -0.05) is 13.3 Å². The number of nitrogens with one attached hydrogen (secondary N) is 1. The van der Waals surface area contributed by atoms with Crippen LogP contribution in [0.2, 0.25) is 0 Å². The Labute approximate surface area is 127 Å². The van der Waals surface area contributed by atoms with E-state index in [1.807, 2.05) is 24.3 Å². The van der Waals surface area contributed by atoms with Crippen LogP contribution in [0.1, 0.15) is 39.0 Å². The molecule has 1 heterocycles. The molecule has 116 valence electrons. The molecule has 0 spiro atoms. The molecule has 1 aromatic rings. The van der Waals surface area contributed by atoms with Crippen molar-refractivity contribution in [2.24, 2.45) is 0 Å². The standard InChI is InChI=1S/C17H26N2O2/c1-2-14-21-16-8-6-15(7-9-16)18-17(20)10-13-19-11-4-3-5-12-19/h6-9H,2-5,10-14H2,1H3,(H,18,20). The molecule has 0 saturated carbocycles. The fourth-order valence-corrected chi connectivity index (χ4v) is 2.52. The maximum absolute atomic E-state index is 11.9. The maximum Gasteiger partial charge on any atom is 0.225 e. The van der Waals surface area contributed by atoms with Gasteiger partial charge in [-0.2, -0.15) is 0 Å². The van der Waals surface area contributed by atoms with Gasteiger partial charge < -0.3 is 15.0 Å². The highest BCUT2D eigenvalue weighted by atomic mass is 16.5. The molecular formula is C17H26N2O2. The summed E-state index contributed by atoms with van der Waals surface area (Å²) in [5.41, 5.74) is 0.836. The van der Waals surface area contributed by atoms with Crippen LogP contribution in [0.15, 0.2) is 24.3 Å². The summed E-state index contributed by atoms with van der Waals surface area (Å²) in [4.78, 5) is 14.3. The van der Waals surface area contributed by atoms with Crippen molar-refractivity contribution >= 4 is 11.6 Å².